The van der Waals surface area contributed by atoms with E-state index in [4.69, 9.17) is 0 Å². The lowest BCUT2D eigenvalue weighted by Crippen LogP contribution is -2.37. The molecule has 3 rings (SSSR count). The largest absolute Gasteiger partial charge is 0.344 e. The summed E-state index contributed by atoms with van der Waals surface area (Å²) in [6, 6.07) is 14.3. The summed E-state index contributed by atoms with van der Waals surface area (Å²) < 4.78 is 0. The fourth-order valence-electron chi connectivity index (χ4n) is 2.30. The number of nitrogens with zero attached hydrogens (tertiary/aromatic N) is 1. The molecule has 1 aliphatic rings. The van der Waals surface area contributed by atoms with Gasteiger partial charge < -0.3 is 10.6 Å². The smallest absolute Gasteiger partial charge is 0.234 e. The first kappa shape index (κ1) is 13.8. The van der Waals surface area contributed by atoms with E-state index in [-0.39, 0.29) is 11.9 Å². The highest BCUT2D eigenvalue weighted by Crippen LogP contribution is 2.21. The minimum Gasteiger partial charge on any atom is -0.344 e. The lowest BCUT2D eigenvalue weighted by molar-refractivity contribution is -0.120. The monoisotopic (exact) mass is 281 g/mol. The van der Waals surface area contributed by atoms with E-state index in [1.807, 2.05) is 42.5 Å². The second kappa shape index (κ2) is 6.50. The summed E-state index contributed by atoms with van der Waals surface area (Å²) in [6.07, 6.45) is 5.86. The zero-order valence-corrected chi connectivity index (χ0v) is 11.8. The first-order chi connectivity index (χ1) is 10.3. The van der Waals surface area contributed by atoms with Crippen molar-refractivity contribution in [1.29, 1.82) is 0 Å². The SMILES string of the molecule is O=C(CNC1CC1)N[C@H](c1ccccc1)c1ccncc1. The minimum absolute atomic E-state index is 0.0209. The van der Waals surface area contributed by atoms with Crippen LogP contribution in [0.15, 0.2) is 54.9 Å². The summed E-state index contributed by atoms with van der Waals surface area (Å²) in [5.74, 6) is 0.0209. The zero-order chi connectivity index (χ0) is 14.5. The Morgan fingerprint density at radius 2 is 1.76 bits per heavy atom. The number of carbonyl (C=O) groups is 1. The van der Waals surface area contributed by atoms with Crippen molar-refractivity contribution >= 4 is 5.91 Å². The van der Waals surface area contributed by atoms with Gasteiger partial charge >= 0.3 is 0 Å². The molecule has 0 saturated heterocycles. The molecule has 21 heavy (non-hydrogen) atoms. The van der Waals surface area contributed by atoms with Crippen LogP contribution in [0.25, 0.3) is 0 Å². The molecule has 1 atom stereocenters. The molecular formula is C17H19N3O. The highest BCUT2D eigenvalue weighted by Gasteiger charge is 2.22. The van der Waals surface area contributed by atoms with Gasteiger partial charge in [0.15, 0.2) is 0 Å². The van der Waals surface area contributed by atoms with Gasteiger partial charge in [-0.15, -0.1) is 0 Å². The van der Waals surface area contributed by atoms with Crippen molar-refractivity contribution in [2.45, 2.75) is 24.9 Å². The van der Waals surface area contributed by atoms with E-state index < -0.39 is 0 Å². The van der Waals surface area contributed by atoms with Gasteiger partial charge in [0.05, 0.1) is 12.6 Å². The number of nitrogens with one attached hydrogen (secondary N) is 2. The summed E-state index contributed by atoms with van der Waals surface area (Å²) in [4.78, 5) is 16.2. The zero-order valence-electron chi connectivity index (χ0n) is 11.8. The number of rotatable bonds is 6. The summed E-state index contributed by atoms with van der Waals surface area (Å²) >= 11 is 0. The van der Waals surface area contributed by atoms with E-state index >= 15 is 0 Å². The second-order valence-corrected chi connectivity index (χ2v) is 5.35. The molecule has 0 aliphatic heterocycles. The van der Waals surface area contributed by atoms with Gasteiger partial charge in [0, 0.05) is 18.4 Å². The van der Waals surface area contributed by atoms with E-state index in [2.05, 4.69) is 15.6 Å². The van der Waals surface area contributed by atoms with Crippen LogP contribution in [0.1, 0.15) is 30.0 Å². The highest BCUT2D eigenvalue weighted by molar-refractivity contribution is 5.79. The lowest BCUT2D eigenvalue weighted by atomic mass is 10.00. The summed E-state index contributed by atoms with van der Waals surface area (Å²) in [5.41, 5.74) is 2.11. The first-order valence-corrected chi connectivity index (χ1v) is 7.30. The molecule has 1 fully saturated rings. The summed E-state index contributed by atoms with van der Waals surface area (Å²) in [6.45, 7) is 0.374. The van der Waals surface area contributed by atoms with E-state index in [0.717, 1.165) is 11.1 Å². The molecule has 1 heterocycles. The van der Waals surface area contributed by atoms with Crippen molar-refractivity contribution in [3.63, 3.8) is 0 Å². The molecule has 1 aromatic carbocycles. The van der Waals surface area contributed by atoms with Crippen LogP contribution in [0.5, 0.6) is 0 Å². The molecule has 4 nitrogen and oxygen atoms in total. The molecule has 1 aromatic heterocycles. The number of hydrogen-bond acceptors (Lipinski definition) is 3. The van der Waals surface area contributed by atoms with Crippen LogP contribution in [-0.2, 0) is 4.79 Å². The number of hydrogen-bond donors (Lipinski definition) is 2. The molecule has 0 spiro atoms. The van der Waals surface area contributed by atoms with Crippen LogP contribution in [0.2, 0.25) is 0 Å². The molecule has 1 amide bonds. The van der Waals surface area contributed by atoms with Crippen molar-refractivity contribution in [3.8, 4) is 0 Å². The Balaban J connectivity index is 1.74. The Hall–Kier alpha value is -2.20. The number of pyridine rings is 1. The van der Waals surface area contributed by atoms with Crippen LogP contribution in [0.4, 0.5) is 0 Å². The maximum absolute atomic E-state index is 12.1. The lowest BCUT2D eigenvalue weighted by Gasteiger charge is -2.20. The van der Waals surface area contributed by atoms with Gasteiger partial charge in [-0.25, -0.2) is 0 Å². The van der Waals surface area contributed by atoms with E-state index in [1.54, 1.807) is 12.4 Å². The van der Waals surface area contributed by atoms with Crippen LogP contribution < -0.4 is 10.6 Å². The topological polar surface area (TPSA) is 54.0 Å². The van der Waals surface area contributed by atoms with Gasteiger partial charge in [0.1, 0.15) is 0 Å². The molecule has 1 aliphatic carbocycles. The third-order valence-electron chi connectivity index (χ3n) is 3.61. The molecular weight excluding hydrogens is 262 g/mol. The van der Waals surface area contributed by atoms with Crippen molar-refractivity contribution < 1.29 is 4.79 Å². The molecule has 1 saturated carbocycles. The third kappa shape index (κ3) is 3.89. The molecule has 0 unspecified atom stereocenters. The van der Waals surface area contributed by atoms with Gasteiger partial charge in [0.25, 0.3) is 0 Å². The number of benzene rings is 1. The highest BCUT2D eigenvalue weighted by atomic mass is 16.2. The Kier molecular flexibility index (Phi) is 4.26. The minimum atomic E-state index is -0.136. The molecule has 108 valence electrons. The fraction of sp³-hybridized carbons (Fsp3) is 0.294. The Morgan fingerprint density at radius 1 is 1.10 bits per heavy atom. The van der Waals surface area contributed by atoms with Crippen molar-refractivity contribution in [3.05, 3.63) is 66.0 Å². The van der Waals surface area contributed by atoms with E-state index in [0.29, 0.717) is 12.6 Å². The molecule has 4 heteroatoms. The Morgan fingerprint density at radius 3 is 2.43 bits per heavy atom. The predicted octanol–water partition coefficient (Wildman–Crippen LogP) is 2.04. The molecule has 2 N–H and O–H groups in total. The third-order valence-corrected chi connectivity index (χ3v) is 3.61. The number of carbonyl (C=O) groups excluding carboxylic acids is 1. The van der Waals surface area contributed by atoms with Gasteiger partial charge in [-0.2, -0.15) is 0 Å². The van der Waals surface area contributed by atoms with Gasteiger partial charge in [-0.3, -0.25) is 9.78 Å². The maximum atomic E-state index is 12.1. The average Bonchev–Trinajstić information content (AvgIpc) is 3.37. The Bertz CT molecular complexity index is 542. The van der Waals surface area contributed by atoms with Gasteiger partial charge in [-0.1, -0.05) is 30.3 Å². The molecule has 0 bridgehead atoms. The normalized spacial score (nSPS) is 15.4. The average molecular weight is 281 g/mol. The summed E-state index contributed by atoms with van der Waals surface area (Å²) in [5, 5.41) is 6.34. The number of amides is 1. The maximum Gasteiger partial charge on any atom is 0.234 e. The second-order valence-electron chi connectivity index (χ2n) is 5.35. The van der Waals surface area contributed by atoms with Gasteiger partial charge in [0.2, 0.25) is 5.91 Å². The van der Waals surface area contributed by atoms with E-state index in [1.165, 1.54) is 12.8 Å². The van der Waals surface area contributed by atoms with Crippen molar-refractivity contribution in [1.82, 2.24) is 15.6 Å². The van der Waals surface area contributed by atoms with Crippen LogP contribution >= 0.6 is 0 Å². The summed E-state index contributed by atoms with van der Waals surface area (Å²) in [7, 11) is 0. The Labute approximate surface area is 124 Å². The van der Waals surface area contributed by atoms with Gasteiger partial charge in [-0.05, 0) is 36.1 Å². The quantitative estimate of drug-likeness (QED) is 0.852. The van der Waals surface area contributed by atoms with E-state index in [9.17, 15) is 4.79 Å². The van der Waals surface area contributed by atoms with Crippen LogP contribution in [-0.4, -0.2) is 23.5 Å². The standard InChI is InChI=1S/C17H19N3O/c21-16(12-19-15-6-7-15)20-17(13-4-2-1-3-5-13)14-8-10-18-11-9-14/h1-5,8-11,15,17,19H,6-7,12H2,(H,20,21)/t17-/m1/s1. The van der Waals surface area contributed by atoms with Crippen LogP contribution in [0, 0.1) is 0 Å². The first-order valence-electron chi connectivity index (χ1n) is 7.30. The van der Waals surface area contributed by atoms with Crippen molar-refractivity contribution in [2.75, 3.05) is 6.54 Å². The number of aromatic nitrogens is 1. The van der Waals surface area contributed by atoms with Crippen molar-refractivity contribution in [2.24, 2.45) is 0 Å². The molecule has 2 aromatic rings. The predicted molar refractivity (Wildman–Crippen MR) is 81.7 cm³/mol. The molecule has 0 radical (unpaired) electrons. The fourth-order valence-corrected chi connectivity index (χ4v) is 2.30. The van der Waals surface area contributed by atoms with Crippen LogP contribution in [0.3, 0.4) is 0 Å².